The van der Waals surface area contributed by atoms with Gasteiger partial charge in [-0.1, -0.05) is 22.5 Å². The van der Waals surface area contributed by atoms with E-state index in [0.717, 1.165) is 5.56 Å². The summed E-state index contributed by atoms with van der Waals surface area (Å²) >= 11 is 5.71. The molecule has 0 saturated heterocycles. The number of aryl methyl sites for hydroxylation is 1. The highest BCUT2D eigenvalue weighted by atomic mass is 35.5. The number of benzene rings is 1. The van der Waals surface area contributed by atoms with Gasteiger partial charge >= 0.3 is 0 Å². The molecule has 0 fully saturated rings. The summed E-state index contributed by atoms with van der Waals surface area (Å²) in [7, 11) is 0. The van der Waals surface area contributed by atoms with Gasteiger partial charge in [-0.2, -0.15) is 0 Å². The van der Waals surface area contributed by atoms with E-state index >= 15 is 0 Å². The molecule has 3 nitrogen and oxygen atoms in total. The molecule has 0 aliphatic carbocycles. The van der Waals surface area contributed by atoms with E-state index in [0.29, 0.717) is 5.02 Å². The minimum atomic E-state index is 0.0331. The van der Waals surface area contributed by atoms with Gasteiger partial charge < -0.3 is 5.21 Å². The smallest absolute Gasteiger partial charge is 0.245 e. The Morgan fingerprint density at radius 3 is 2.64 bits per heavy atom. The first-order chi connectivity index (χ1) is 5.11. The van der Waals surface area contributed by atoms with Gasteiger partial charge in [-0.25, -0.2) is 0 Å². The molecule has 0 aliphatic rings. The van der Waals surface area contributed by atoms with E-state index < -0.39 is 0 Å². The molecular weight excluding hydrogens is 164 g/mol. The topological polar surface area (TPSA) is 49.9 Å². The predicted molar refractivity (Wildman–Crippen MR) is 42.2 cm³/mol. The summed E-state index contributed by atoms with van der Waals surface area (Å²) in [6.07, 6.45) is 0. The number of hydrogen-bond donors (Lipinski definition) is 1. The van der Waals surface area contributed by atoms with Crippen LogP contribution in [0.4, 0.5) is 5.69 Å². The minimum Gasteiger partial charge on any atom is -0.594 e. The van der Waals surface area contributed by atoms with Crippen molar-refractivity contribution in [2.45, 2.75) is 6.92 Å². The van der Waals surface area contributed by atoms with E-state index in [1.54, 1.807) is 12.1 Å². The highest BCUT2D eigenvalue weighted by molar-refractivity contribution is 6.31. The summed E-state index contributed by atoms with van der Waals surface area (Å²) in [5.74, 6) is 0. The summed E-state index contributed by atoms with van der Waals surface area (Å²) < 4.78 is 0. The summed E-state index contributed by atoms with van der Waals surface area (Å²) in [5, 5.41) is 10.9. The molecule has 0 aliphatic heterocycles. The van der Waals surface area contributed by atoms with Crippen LogP contribution in [0.5, 0.6) is 0 Å². The lowest BCUT2D eigenvalue weighted by molar-refractivity contribution is -0.465. The van der Waals surface area contributed by atoms with E-state index in [4.69, 9.17) is 17.1 Å². The Balaban J connectivity index is 3.15. The molecule has 1 aromatic rings. The van der Waals surface area contributed by atoms with Crippen molar-refractivity contribution in [3.8, 4) is 0 Å². The first-order valence-electron chi connectivity index (χ1n) is 3.06. The van der Waals surface area contributed by atoms with Gasteiger partial charge in [0.05, 0.1) is 5.02 Å². The zero-order valence-corrected chi connectivity index (χ0v) is 6.72. The maximum absolute atomic E-state index is 10.4. The van der Waals surface area contributed by atoms with Gasteiger partial charge in [0.15, 0.2) is 0 Å². The fourth-order valence-electron chi connectivity index (χ4n) is 0.708. The number of nitrogens with zero attached hydrogens (tertiary/aromatic N) is 1. The van der Waals surface area contributed by atoms with Crippen LogP contribution < -0.4 is 0 Å². The molecule has 1 aromatic carbocycles. The van der Waals surface area contributed by atoms with Gasteiger partial charge in [0.25, 0.3) is 0 Å². The van der Waals surface area contributed by atoms with E-state index in [2.05, 4.69) is 0 Å². The average molecular weight is 171 g/mol. The van der Waals surface area contributed by atoms with Crippen molar-refractivity contribution in [3.05, 3.63) is 34.0 Å². The van der Waals surface area contributed by atoms with Crippen molar-refractivity contribution in [1.82, 2.24) is 0 Å². The van der Waals surface area contributed by atoms with Crippen molar-refractivity contribution in [2.75, 3.05) is 0 Å². The molecule has 11 heavy (non-hydrogen) atoms. The second-order valence-corrected chi connectivity index (χ2v) is 2.64. The Kier molecular flexibility index (Phi) is 2.10. The van der Waals surface area contributed by atoms with Gasteiger partial charge in [0.1, 0.15) is 0 Å². The normalized spacial score (nSPS) is 9.64. The Labute approximate surface area is 69.3 Å². The van der Waals surface area contributed by atoms with Crippen LogP contribution in [0, 0.1) is 17.7 Å². The fourth-order valence-corrected chi connectivity index (χ4v) is 0.883. The zero-order valence-electron chi connectivity index (χ0n) is 5.97. The van der Waals surface area contributed by atoms with Gasteiger partial charge in [0.2, 0.25) is 5.69 Å². The SMILES string of the molecule is Cc1ccc([N+](=N)[O-])cc1Cl. The van der Waals surface area contributed by atoms with Gasteiger partial charge in [-0.3, -0.25) is 0 Å². The van der Waals surface area contributed by atoms with Gasteiger partial charge in [-0.05, 0) is 18.0 Å². The minimum absolute atomic E-state index is 0.0331. The third-order valence-corrected chi connectivity index (χ3v) is 1.80. The molecule has 0 heterocycles. The number of hydrogen-bond acceptors (Lipinski definition) is 2. The molecule has 1 rings (SSSR count). The molecule has 0 saturated carbocycles. The van der Waals surface area contributed by atoms with Crippen LogP contribution in [0.3, 0.4) is 0 Å². The maximum atomic E-state index is 10.4. The summed E-state index contributed by atoms with van der Waals surface area (Å²) in [6, 6.07) is 4.73. The van der Waals surface area contributed by atoms with E-state index in [9.17, 15) is 5.21 Å². The third kappa shape index (κ3) is 1.68. The van der Waals surface area contributed by atoms with Crippen molar-refractivity contribution < 1.29 is 4.86 Å². The zero-order chi connectivity index (χ0) is 8.43. The monoisotopic (exact) mass is 170 g/mol. The second kappa shape index (κ2) is 2.88. The molecular formula is C7H7ClN2O. The largest absolute Gasteiger partial charge is 0.594 e. The van der Waals surface area contributed by atoms with Gasteiger partial charge in [0, 0.05) is 12.1 Å². The predicted octanol–water partition coefficient (Wildman–Crippen LogP) is 2.82. The standard InChI is InChI=1S/C7H7ClN2O/c1-5-2-3-6(10(9)11)4-7(5)8/h2-4,9H,1H3. The summed E-state index contributed by atoms with van der Waals surface area (Å²) in [5.41, 5.74) is 7.86. The first-order valence-corrected chi connectivity index (χ1v) is 3.43. The fraction of sp³-hybridized carbons (Fsp3) is 0.143. The van der Waals surface area contributed by atoms with Gasteiger partial charge in [-0.15, -0.1) is 0 Å². The van der Waals surface area contributed by atoms with Crippen molar-refractivity contribution in [1.29, 1.82) is 5.53 Å². The van der Waals surface area contributed by atoms with Crippen molar-refractivity contribution >= 4 is 17.3 Å². The molecule has 0 bridgehead atoms. The van der Waals surface area contributed by atoms with Crippen LogP contribution in [-0.4, -0.2) is 4.86 Å². The van der Waals surface area contributed by atoms with Crippen molar-refractivity contribution in [3.63, 3.8) is 0 Å². The summed E-state index contributed by atoms with van der Waals surface area (Å²) in [4.78, 5) is 0.0331. The molecule has 1 N–H and O–H groups in total. The molecule has 0 aromatic heterocycles. The Hall–Kier alpha value is -1.09. The Morgan fingerprint density at radius 2 is 2.18 bits per heavy atom. The highest BCUT2D eigenvalue weighted by Crippen LogP contribution is 2.20. The van der Waals surface area contributed by atoms with Crippen LogP contribution in [0.2, 0.25) is 5.02 Å². The lowest BCUT2D eigenvalue weighted by atomic mass is 10.2. The lowest BCUT2D eigenvalue weighted by Gasteiger charge is -1.98. The molecule has 0 atom stereocenters. The molecule has 0 unspecified atom stereocenters. The molecule has 58 valence electrons. The summed E-state index contributed by atoms with van der Waals surface area (Å²) in [6.45, 7) is 1.84. The van der Waals surface area contributed by atoms with Crippen LogP contribution in [0.25, 0.3) is 0 Å². The van der Waals surface area contributed by atoms with E-state index in [-0.39, 0.29) is 10.5 Å². The second-order valence-electron chi connectivity index (χ2n) is 2.23. The van der Waals surface area contributed by atoms with Crippen LogP contribution in [-0.2, 0) is 0 Å². The van der Waals surface area contributed by atoms with Crippen molar-refractivity contribution in [2.24, 2.45) is 0 Å². The number of rotatable bonds is 1. The van der Waals surface area contributed by atoms with E-state index in [1.165, 1.54) is 6.07 Å². The first kappa shape index (κ1) is 8.01. The Morgan fingerprint density at radius 1 is 1.55 bits per heavy atom. The molecule has 0 spiro atoms. The third-order valence-electron chi connectivity index (χ3n) is 1.39. The number of halogens is 1. The highest BCUT2D eigenvalue weighted by Gasteiger charge is 2.02. The van der Waals surface area contributed by atoms with Crippen LogP contribution >= 0.6 is 11.6 Å². The van der Waals surface area contributed by atoms with Crippen LogP contribution in [0.1, 0.15) is 5.56 Å². The number of nitrogens with one attached hydrogen (secondary N) is 1. The molecule has 4 heteroatoms. The average Bonchev–Trinajstić information content (AvgIpc) is 1.94. The van der Waals surface area contributed by atoms with E-state index in [1.807, 2.05) is 6.92 Å². The van der Waals surface area contributed by atoms with Crippen LogP contribution in [0.15, 0.2) is 18.2 Å². The molecule has 0 radical (unpaired) electrons. The maximum Gasteiger partial charge on any atom is 0.245 e. The molecule has 0 amide bonds. The quantitative estimate of drug-likeness (QED) is 0.393. The lowest BCUT2D eigenvalue weighted by Crippen LogP contribution is -1.87. The Bertz CT molecular complexity index is 298.